The van der Waals surface area contributed by atoms with Gasteiger partial charge in [-0.25, -0.2) is 0 Å². The van der Waals surface area contributed by atoms with Crippen LogP contribution in [0.5, 0.6) is 5.75 Å². The van der Waals surface area contributed by atoms with Gasteiger partial charge < -0.3 is 10.5 Å². The summed E-state index contributed by atoms with van der Waals surface area (Å²) in [5.41, 5.74) is 4.93. The van der Waals surface area contributed by atoms with Gasteiger partial charge in [-0.05, 0) is 0 Å². The number of nitrogen functional groups attached to an aromatic ring is 1. The zero-order valence-corrected chi connectivity index (χ0v) is 5.64. The molecule has 0 unspecified atom stereocenters. The molecule has 0 aliphatic carbocycles. The molecule has 1 heterocycles. The first-order valence-electron chi connectivity index (χ1n) is 2.67. The van der Waals surface area contributed by atoms with Crippen LogP contribution in [0.1, 0.15) is 0 Å². The Morgan fingerprint density at radius 2 is 1.73 bits per heavy atom. The van der Waals surface area contributed by atoms with E-state index >= 15 is 0 Å². The molecule has 0 radical (unpaired) electrons. The standard InChI is InChI=1S/C5H5F2N3O/c1-11-2-3(6)9-5(8)10-4(2)7/h1H3,(H2,8,9,10). The predicted molar refractivity (Wildman–Crippen MR) is 32.9 cm³/mol. The van der Waals surface area contributed by atoms with Gasteiger partial charge in [0.1, 0.15) is 0 Å². The molecule has 4 nitrogen and oxygen atoms in total. The van der Waals surface area contributed by atoms with Crippen LogP contribution >= 0.6 is 0 Å². The second-order valence-electron chi connectivity index (χ2n) is 1.70. The van der Waals surface area contributed by atoms with E-state index in [-0.39, 0.29) is 0 Å². The third-order valence-electron chi connectivity index (χ3n) is 1.00. The number of methoxy groups -OCH3 is 1. The maximum atomic E-state index is 12.5. The highest BCUT2D eigenvalue weighted by Gasteiger charge is 2.12. The Hall–Kier alpha value is -1.46. The van der Waals surface area contributed by atoms with Crippen LogP contribution in [0.2, 0.25) is 0 Å². The van der Waals surface area contributed by atoms with Crippen LogP contribution in [0.4, 0.5) is 14.7 Å². The van der Waals surface area contributed by atoms with Crippen LogP contribution in [0, 0.1) is 11.9 Å². The van der Waals surface area contributed by atoms with Crippen molar-refractivity contribution < 1.29 is 13.5 Å². The summed E-state index contributed by atoms with van der Waals surface area (Å²) in [5.74, 6) is -3.28. The van der Waals surface area contributed by atoms with Crippen LogP contribution in [0.25, 0.3) is 0 Å². The molecule has 60 valence electrons. The molecule has 0 saturated carbocycles. The molecule has 1 aromatic rings. The monoisotopic (exact) mass is 161 g/mol. The lowest BCUT2D eigenvalue weighted by Gasteiger charge is -2.00. The van der Waals surface area contributed by atoms with Crippen molar-refractivity contribution in [2.45, 2.75) is 0 Å². The summed E-state index contributed by atoms with van der Waals surface area (Å²) in [7, 11) is 1.11. The maximum absolute atomic E-state index is 12.5. The molecule has 0 amide bonds. The van der Waals surface area contributed by atoms with Gasteiger partial charge in [0.15, 0.2) is 0 Å². The lowest BCUT2D eigenvalue weighted by molar-refractivity contribution is 0.343. The molecule has 0 atom stereocenters. The third kappa shape index (κ3) is 1.34. The van der Waals surface area contributed by atoms with E-state index in [1.165, 1.54) is 0 Å². The Bertz CT molecular complexity index is 255. The van der Waals surface area contributed by atoms with Crippen molar-refractivity contribution in [2.75, 3.05) is 12.8 Å². The second-order valence-corrected chi connectivity index (χ2v) is 1.70. The molecule has 0 spiro atoms. The van der Waals surface area contributed by atoms with Crippen LogP contribution in [0.3, 0.4) is 0 Å². The molecule has 0 bridgehead atoms. The summed E-state index contributed by atoms with van der Waals surface area (Å²) in [6.45, 7) is 0. The second kappa shape index (κ2) is 2.65. The summed E-state index contributed by atoms with van der Waals surface area (Å²) in [6.07, 6.45) is 0. The van der Waals surface area contributed by atoms with Gasteiger partial charge in [-0.1, -0.05) is 0 Å². The minimum Gasteiger partial charge on any atom is -0.489 e. The van der Waals surface area contributed by atoms with Gasteiger partial charge in [-0.2, -0.15) is 18.7 Å². The molecular weight excluding hydrogens is 156 g/mol. The Labute approximate surface area is 61.0 Å². The summed E-state index contributed by atoms with van der Waals surface area (Å²) >= 11 is 0. The predicted octanol–water partition coefficient (Wildman–Crippen LogP) is 0.346. The first-order chi connectivity index (χ1) is 5.15. The number of halogens is 2. The van der Waals surface area contributed by atoms with Gasteiger partial charge in [0.25, 0.3) is 11.9 Å². The van der Waals surface area contributed by atoms with E-state index < -0.39 is 23.6 Å². The Kier molecular flexibility index (Phi) is 1.84. The fourth-order valence-electron chi connectivity index (χ4n) is 0.581. The van der Waals surface area contributed by atoms with Gasteiger partial charge in [0.2, 0.25) is 11.7 Å². The average molecular weight is 161 g/mol. The smallest absolute Gasteiger partial charge is 0.263 e. The topological polar surface area (TPSA) is 61.0 Å². The molecule has 0 aliphatic rings. The van der Waals surface area contributed by atoms with Crippen LogP contribution in [0.15, 0.2) is 0 Å². The van der Waals surface area contributed by atoms with Crippen molar-refractivity contribution in [3.05, 3.63) is 11.9 Å². The normalized spacial score (nSPS) is 9.73. The first-order valence-corrected chi connectivity index (χ1v) is 2.67. The summed E-state index contributed by atoms with van der Waals surface area (Å²) < 4.78 is 29.3. The van der Waals surface area contributed by atoms with E-state index in [2.05, 4.69) is 14.7 Å². The highest BCUT2D eigenvalue weighted by molar-refractivity contribution is 5.24. The van der Waals surface area contributed by atoms with Gasteiger partial charge in [-0.15, -0.1) is 0 Å². The van der Waals surface area contributed by atoms with E-state index in [9.17, 15) is 8.78 Å². The molecule has 1 aromatic heterocycles. The molecule has 0 saturated heterocycles. The number of anilines is 1. The van der Waals surface area contributed by atoms with Gasteiger partial charge in [-0.3, -0.25) is 0 Å². The van der Waals surface area contributed by atoms with Crippen molar-refractivity contribution in [1.82, 2.24) is 9.97 Å². The Morgan fingerprint density at radius 3 is 2.09 bits per heavy atom. The van der Waals surface area contributed by atoms with Crippen LogP contribution in [-0.4, -0.2) is 17.1 Å². The molecule has 6 heteroatoms. The number of nitrogens with two attached hydrogens (primary N) is 1. The highest BCUT2D eigenvalue weighted by Crippen LogP contribution is 2.17. The van der Waals surface area contributed by atoms with Crippen molar-refractivity contribution in [3.63, 3.8) is 0 Å². The van der Waals surface area contributed by atoms with E-state index in [4.69, 9.17) is 5.73 Å². The first kappa shape index (κ1) is 7.64. The van der Waals surface area contributed by atoms with Gasteiger partial charge in [0, 0.05) is 0 Å². The quantitative estimate of drug-likeness (QED) is 0.603. The molecule has 1 rings (SSSR count). The molecule has 2 N–H and O–H groups in total. The fraction of sp³-hybridized carbons (Fsp3) is 0.200. The fourth-order valence-corrected chi connectivity index (χ4v) is 0.581. The highest BCUT2D eigenvalue weighted by atomic mass is 19.1. The molecule has 11 heavy (non-hydrogen) atoms. The van der Waals surface area contributed by atoms with Crippen molar-refractivity contribution in [3.8, 4) is 5.75 Å². The molecule has 0 aromatic carbocycles. The number of nitrogens with zero attached hydrogens (tertiary/aromatic N) is 2. The number of rotatable bonds is 1. The number of aromatic nitrogens is 2. The minimum atomic E-state index is -1.10. The van der Waals surface area contributed by atoms with Crippen molar-refractivity contribution in [2.24, 2.45) is 0 Å². The Balaban J connectivity index is 3.25. The number of hydrogen-bond donors (Lipinski definition) is 1. The van der Waals surface area contributed by atoms with E-state index in [1.807, 2.05) is 0 Å². The summed E-state index contributed by atoms with van der Waals surface area (Å²) in [5, 5.41) is 0. The Morgan fingerprint density at radius 1 is 1.27 bits per heavy atom. The van der Waals surface area contributed by atoms with E-state index in [0.717, 1.165) is 7.11 Å². The van der Waals surface area contributed by atoms with Crippen LogP contribution in [-0.2, 0) is 0 Å². The zero-order valence-electron chi connectivity index (χ0n) is 5.64. The van der Waals surface area contributed by atoms with Crippen molar-refractivity contribution >= 4 is 5.95 Å². The van der Waals surface area contributed by atoms with Crippen molar-refractivity contribution in [1.29, 1.82) is 0 Å². The molecular formula is C5H5F2N3O. The SMILES string of the molecule is COc1c(F)nc(N)nc1F. The molecule has 0 aliphatic heterocycles. The lowest BCUT2D eigenvalue weighted by atomic mass is 10.5. The van der Waals surface area contributed by atoms with Crippen LogP contribution < -0.4 is 10.5 Å². The minimum absolute atomic E-state index is 0.458. The summed E-state index contributed by atoms with van der Waals surface area (Å²) in [4.78, 5) is 6.08. The zero-order chi connectivity index (χ0) is 8.43. The molecule has 0 fully saturated rings. The van der Waals surface area contributed by atoms with E-state index in [1.54, 1.807) is 0 Å². The lowest BCUT2D eigenvalue weighted by Crippen LogP contribution is -2.03. The summed E-state index contributed by atoms with van der Waals surface area (Å²) in [6, 6.07) is 0. The van der Waals surface area contributed by atoms with E-state index in [0.29, 0.717) is 0 Å². The largest absolute Gasteiger partial charge is 0.489 e. The van der Waals surface area contributed by atoms with Gasteiger partial charge in [0.05, 0.1) is 7.11 Å². The average Bonchev–Trinajstić information content (AvgIpc) is 1.85. The van der Waals surface area contributed by atoms with Gasteiger partial charge >= 0.3 is 0 Å². The maximum Gasteiger partial charge on any atom is 0.263 e. The third-order valence-corrected chi connectivity index (χ3v) is 1.00. The number of ether oxygens (including phenoxy) is 1. The number of hydrogen-bond acceptors (Lipinski definition) is 4.